The summed E-state index contributed by atoms with van der Waals surface area (Å²) in [7, 11) is 2.26. The Morgan fingerprint density at radius 3 is 2.39 bits per heavy atom. The van der Waals surface area contributed by atoms with Crippen LogP contribution >= 0.6 is 23.2 Å². The summed E-state index contributed by atoms with van der Waals surface area (Å²) in [5.74, 6) is 0. The SMILES string of the molecule is CN1[C@@H]2CC[C@H]1CC(Nc1ccc(Cl)c(Cl)c1)C2. The molecule has 2 nitrogen and oxygen atoms in total. The van der Waals surface area contributed by atoms with Crippen LogP contribution in [0.1, 0.15) is 25.7 Å². The number of rotatable bonds is 2. The summed E-state index contributed by atoms with van der Waals surface area (Å²) in [6.45, 7) is 0. The first-order chi connectivity index (χ1) is 8.63. The van der Waals surface area contributed by atoms with Crippen molar-refractivity contribution < 1.29 is 0 Å². The highest BCUT2D eigenvalue weighted by Gasteiger charge is 2.38. The third-order valence-corrected chi connectivity index (χ3v) is 5.13. The zero-order valence-corrected chi connectivity index (χ0v) is 12.0. The first-order valence-corrected chi connectivity index (χ1v) is 7.32. The minimum absolute atomic E-state index is 0.566. The molecule has 2 aliphatic heterocycles. The number of nitrogens with one attached hydrogen (secondary N) is 1. The maximum absolute atomic E-state index is 6.04. The molecule has 2 bridgehead atoms. The average molecular weight is 285 g/mol. The highest BCUT2D eigenvalue weighted by molar-refractivity contribution is 6.42. The van der Waals surface area contributed by atoms with Crippen LogP contribution in [-0.2, 0) is 0 Å². The van der Waals surface area contributed by atoms with Crippen molar-refractivity contribution in [2.45, 2.75) is 43.8 Å². The first-order valence-electron chi connectivity index (χ1n) is 6.57. The number of anilines is 1. The molecule has 2 aliphatic rings. The fraction of sp³-hybridized carbons (Fsp3) is 0.571. The minimum atomic E-state index is 0.566. The Morgan fingerprint density at radius 2 is 1.78 bits per heavy atom. The van der Waals surface area contributed by atoms with E-state index in [2.05, 4.69) is 17.3 Å². The van der Waals surface area contributed by atoms with E-state index in [0.29, 0.717) is 16.1 Å². The molecule has 2 saturated heterocycles. The standard InChI is InChI=1S/C14H18Cl2N2/c1-18-11-3-4-12(18)7-10(6-11)17-9-2-5-13(15)14(16)8-9/h2,5,8,10-12,17H,3-4,6-7H2,1H3/t10?,11-,12+. The second-order valence-corrected chi connectivity index (χ2v) is 6.31. The summed E-state index contributed by atoms with van der Waals surface area (Å²) in [6, 6.07) is 7.86. The molecule has 0 aromatic heterocycles. The number of hydrogen-bond acceptors (Lipinski definition) is 2. The lowest BCUT2D eigenvalue weighted by atomic mass is 9.98. The summed E-state index contributed by atoms with van der Waals surface area (Å²) in [5, 5.41) is 4.84. The van der Waals surface area contributed by atoms with Gasteiger partial charge in [-0.25, -0.2) is 0 Å². The van der Waals surface area contributed by atoms with Gasteiger partial charge in [0.15, 0.2) is 0 Å². The average Bonchev–Trinajstić information content (AvgIpc) is 2.58. The van der Waals surface area contributed by atoms with Crippen LogP contribution in [0.2, 0.25) is 10.0 Å². The smallest absolute Gasteiger partial charge is 0.0612 e. The third kappa shape index (κ3) is 2.34. The fourth-order valence-corrected chi connectivity index (χ4v) is 3.65. The lowest BCUT2D eigenvalue weighted by molar-refractivity contribution is 0.169. The molecule has 2 heterocycles. The molecule has 0 aliphatic carbocycles. The zero-order valence-electron chi connectivity index (χ0n) is 10.5. The van der Waals surface area contributed by atoms with Crippen molar-refractivity contribution in [3.8, 4) is 0 Å². The van der Waals surface area contributed by atoms with Crippen molar-refractivity contribution in [3.63, 3.8) is 0 Å². The van der Waals surface area contributed by atoms with Gasteiger partial charge in [0.1, 0.15) is 0 Å². The van der Waals surface area contributed by atoms with Crippen molar-refractivity contribution in [3.05, 3.63) is 28.2 Å². The number of halogens is 2. The highest BCUT2D eigenvalue weighted by atomic mass is 35.5. The molecule has 4 heteroatoms. The van der Waals surface area contributed by atoms with Crippen LogP contribution in [-0.4, -0.2) is 30.1 Å². The molecule has 0 saturated carbocycles. The largest absolute Gasteiger partial charge is 0.382 e. The molecule has 1 aromatic carbocycles. The fourth-order valence-electron chi connectivity index (χ4n) is 3.35. The molecule has 0 amide bonds. The molecule has 98 valence electrons. The Morgan fingerprint density at radius 1 is 1.11 bits per heavy atom. The Balaban J connectivity index is 1.68. The van der Waals surface area contributed by atoms with Gasteiger partial charge in [0.2, 0.25) is 0 Å². The van der Waals surface area contributed by atoms with Gasteiger partial charge < -0.3 is 10.2 Å². The summed E-state index contributed by atoms with van der Waals surface area (Å²) >= 11 is 12.0. The number of hydrogen-bond donors (Lipinski definition) is 1. The van der Waals surface area contributed by atoms with E-state index >= 15 is 0 Å². The van der Waals surface area contributed by atoms with Gasteiger partial charge in [-0.2, -0.15) is 0 Å². The molecule has 1 N–H and O–H groups in total. The van der Waals surface area contributed by atoms with Crippen LogP contribution in [0.3, 0.4) is 0 Å². The van der Waals surface area contributed by atoms with Crippen LogP contribution in [0.4, 0.5) is 5.69 Å². The topological polar surface area (TPSA) is 15.3 Å². The lowest BCUT2D eigenvalue weighted by Gasteiger charge is -2.37. The molecular formula is C14H18Cl2N2. The van der Waals surface area contributed by atoms with Gasteiger partial charge in [-0.15, -0.1) is 0 Å². The number of nitrogens with zero attached hydrogens (tertiary/aromatic N) is 1. The highest BCUT2D eigenvalue weighted by Crippen LogP contribution is 2.36. The predicted octanol–water partition coefficient (Wildman–Crippen LogP) is 4.03. The van der Waals surface area contributed by atoms with Crippen molar-refractivity contribution >= 4 is 28.9 Å². The van der Waals surface area contributed by atoms with Gasteiger partial charge in [0, 0.05) is 23.8 Å². The quantitative estimate of drug-likeness (QED) is 0.882. The van der Waals surface area contributed by atoms with Crippen molar-refractivity contribution in [2.75, 3.05) is 12.4 Å². The Bertz CT molecular complexity index is 435. The van der Waals surface area contributed by atoms with Crippen LogP contribution < -0.4 is 5.32 Å². The van der Waals surface area contributed by atoms with Crippen molar-refractivity contribution in [1.29, 1.82) is 0 Å². The maximum Gasteiger partial charge on any atom is 0.0612 e. The van der Waals surface area contributed by atoms with Gasteiger partial charge in [-0.1, -0.05) is 23.2 Å². The monoisotopic (exact) mass is 284 g/mol. The number of benzene rings is 1. The van der Waals surface area contributed by atoms with Crippen molar-refractivity contribution in [1.82, 2.24) is 4.90 Å². The summed E-state index contributed by atoms with van der Waals surface area (Å²) in [5.41, 5.74) is 1.08. The van der Waals surface area contributed by atoms with Crippen LogP contribution in [0.5, 0.6) is 0 Å². The normalized spacial score (nSPS) is 31.6. The van der Waals surface area contributed by atoms with Crippen LogP contribution in [0.15, 0.2) is 18.2 Å². The Labute approximate surface area is 118 Å². The molecular weight excluding hydrogens is 267 g/mol. The van der Waals surface area contributed by atoms with Gasteiger partial charge in [-0.3, -0.25) is 0 Å². The summed E-state index contributed by atoms with van der Waals surface area (Å²) < 4.78 is 0. The van der Waals surface area contributed by atoms with E-state index in [1.165, 1.54) is 25.7 Å². The molecule has 0 radical (unpaired) electrons. The Kier molecular flexibility index (Phi) is 3.44. The number of fused-ring (bicyclic) bond motifs is 2. The van der Waals surface area contributed by atoms with Gasteiger partial charge in [0.05, 0.1) is 10.0 Å². The van der Waals surface area contributed by atoms with E-state index in [1.54, 1.807) is 0 Å². The second-order valence-electron chi connectivity index (χ2n) is 5.49. The lowest BCUT2D eigenvalue weighted by Crippen LogP contribution is -2.44. The Hall–Kier alpha value is -0.440. The van der Waals surface area contributed by atoms with E-state index in [9.17, 15) is 0 Å². The zero-order chi connectivity index (χ0) is 12.7. The molecule has 0 spiro atoms. The number of piperidine rings is 1. The van der Waals surface area contributed by atoms with Gasteiger partial charge in [0.25, 0.3) is 0 Å². The molecule has 2 fully saturated rings. The first kappa shape index (κ1) is 12.6. The summed E-state index contributed by atoms with van der Waals surface area (Å²) in [6.07, 6.45) is 5.15. The third-order valence-electron chi connectivity index (χ3n) is 4.39. The molecule has 1 aromatic rings. The minimum Gasteiger partial charge on any atom is -0.382 e. The van der Waals surface area contributed by atoms with Gasteiger partial charge >= 0.3 is 0 Å². The van der Waals surface area contributed by atoms with Crippen molar-refractivity contribution in [2.24, 2.45) is 0 Å². The van der Waals surface area contributed by atoms with E-state index in [0.717, 1.165) is 17.8 Å². The summed E-state index contributed by atoms with van der Waals surface area (Å²) in [4.78, 5) is 2.55. The molecule has 3 atom stereocenters. The van der Waals surface area contributed by atoms with E-state index in [1.807, 2.05) is 18.2 Å². The maximum atomic E-state index is 6.04. The molecule has 3 rings (SSSR count). The molecule has 18 heavy (non-hydrogen) atoms. The van der Waals surface area contributed by atoms with E-state index < -0.39 is 0 Å². The predicted molar refractivity (Wildman–Crippen MR) is 77.7 cm³/mol. The van der Waals surface area contributed by atoms with E-state index in [-0.39, 0.29) is 0 Å². The molecule has 1 unspecified atom stereocenters. The van der Waals surface area contributed by atoms with E-state index in [4.69, 9.17) is 23.2 Å². The van der Waals surface area contributed by atoms with Crippen LogP contribution in [0.25, 0.3) is 0 Å². The van der Waals surface area contributed by atoms with Crippen LogP contribution in [0, 0.1) is 0 Å². The van der Waals surface area contributed by atoms with Gasteiger partial charge in [-0.05, 0) is 50.9 Å². The second kappa shape index (κ2) is 4.92.